The highest BCUT2D eigenvalue weighted by molar-refractivity contribution is 5.79. The summed E-state index contributed by atoms with van der Waals surface area (Å²) in [5.74, 6) is -3.48. The van der Waals surface area contributed by atoms with E-state index in [9.17, 15) is 13.2 Å². The zero-order chi connectivity index (χ0) is 9.14. The predicted molar refractivity (Wildman–Crippen MR) is 35.7 cm³/mol. The molecular formula is C7H4F3NO. The van der Waals surface area contributed by atoms with Gasteiger partial charge >= 0.3 is 0 Å². The molecule has 0 radical (unpaired) electrons. The fourth-order valence-electron chi connectivity index (χ4n) is 0.732. The largest absolute Gasteiger partial charge is 0.411 e. The van der Waals surface area contributed by atoms with Gasteiger partial charge in [-0.1, -0.05) is 5.16 Å². The van der Waals surface area contributed by atoms with Gasteiger partial charge in [-0.05, 0) is 6.07 Å². The Bertz CT molecular complexity index is 325. The number of hydrogen-bond donors (Lipinski definition) is 1. The van der Waals surface area contributed by atoms with Crippen LogP contribution in [0, 0.1) is 17.5 Å². The second-order valence-electron chi connectivity index (χ2n) is 2.04. The maximum atomic E-state index is 12.6. The first-order chi connectivity index (χ1) is 5.65. The number of halogens is 3. The molecule has 0 amide bonds. The predicted octanol–water partition coefficient (Wildman–Crippen LogP) is 1.91. The van der Waals surface area contributed by atoms with E-state index in [1.165, 1.54) is 0 Å². The molecule has 0 fully saturated rings. The van der Waals surface area contributed by atoms with Crippen LogP contribution in [0.3, 0.4) is 0 Å². The zero-order valence-electron chi connectivity index (χ0n) is 5.76. The molecule has 12 heavy (non-hydrogen) atoms. The quantitative estimate of drug-likeness (QED) is 0.300. The molecule has 0 unspecified atom stereocenters. The van der Waals surface area contributed by atoms with Crippen LogP contribution in [0.1, 0.15) is 5.56 Å². The molecule has 2 nitrogen and oxygen atoms in total. The van der Waals surface area contributed by atoms with E-state index in [2.05, 4.69) is 5.16 Å². The van der Waals surface area contributed by atoms with Crippen LogP contribution in [-0.4, -0.2) is 11.4 Å². The van der Waals surface area contributed by atoms with E-state index in [1.807, 2.05) is 0 Å². The van der Waals surface area contributed by atoms with Crippen LogP contribution in [0.5, 0.6) is 0 Å². The molecule has 0 aromatic heterocycles. The second kappa shape index (κ2) is 3.25. The lowest BCUT2D eigenvalue weighted by Crippen LogP contribution is -1.94. The molecule has 64 valence electrons. The summed E-state index contributed by atoms with van der Waals surface area (Å²) in [6, 6.07) is 1.13. The topological polar surface area (TPSA) is 32.6 Å². The van der Waals surface area contributed by atoms with Gasteiger partial charge in [0.05, 0.1) is 6.21 Å². The normalized spacial score (nSPS) is 10.9. The van der Waals surface area contributed by atoms with Crippen molar-refractivity contribution in [2.24, 2.45) is 5.16 Å². The summed E-state index contributed by atoms with van der Waals surface area (Å²) in [6.07, 6.45) is 0.613. The highest BCUT2D eigenvalue weighted by atomic mass is 19.2. The van der Waals surface area contributed by atoms with Crippen molar-refractivity contribution >= 4 is 6.21 Å². The first-order valence-corrected chi connectivity index (χ1v) is 2.97. The summed E-state index contributed by atoms with van der Waals surface area (Å²) in [5, 5.41) is 10.4. The van der Waals surface area contributed by atoms with Crippen LogP contribution < -0.4 is 0 Å². The second-order valence-corrected chi connectivity index (χ2v) is 2.04. The van der Waals surface area contributed by atoms with Crippen LogP contribution in [0.15, 0.2) is 17.3 Å². The van der Waals surface area contributed by atoms with Crippen molar-refractivity contribution in [2.75, 3.05) is 0 Å². The molecule has 0 heterocycles. The van der Waals surface area contributed by atoms with Gasteiger partial charge in [-0.15, -0.1) is 0 Å². The summed E-state index contributed by atoms with van der Waals surface area (Å²) >= 11 is 0. The van der Waals surface area contributed by atoms with Crippen molar-refractivity contribution in [3.05, 3.63) is 35.1 Å². The first-order valence-electron chi connectivity index (χ1n) is 2.97. The Morgan fingerprint density at radius 1 is 1.25 bits per heavy atom. The summed E-state index contributed by atoms with van der Waals surface area (Å²) in [4.78, 5) is 0. The number of benzene rings is 1. The number of nitrogens with zero attached hydrogens (tertiary/aromatic N) is 1. The molecule has 0 aliphatic carbocycles. The van der Waals surface area contributed by atoms with Gasteiger partial charge in [-0.25, -0.2) is 13.2 Å². The third-order valence-electron chi connectivity index (χ3n) is 1.22. The molecule has 1 aromatic carbocycles. The van der Waals surface area contributed by atoms with Gasteiger partial charge in [-0.2, -0.15) is 0 Å². The molecule has 0 saturated heterocycles. The highest BCUT2D eigenvalue weighted by Crippen LogP contribution is 2.12. The smallest absolute Gasteiger partial charge is 0.167 e. The van der Waals surface area contributed by atoms with Gasteiger partial charge in [0.1, 0.15) is 5.82 Å². The highest BCUT2D eigenvalue weighted by Gasteiger charge is 2.08. The molecule has 0 aliphatic heterocycles. The van der Waals surface area contributed by atoms with Gasteiger partial charge < -0.3 is 5.21 Å². The first kappa shape index (κ1) is 8.58. The summed E-state index contributed by atoms with van der Waals surface area (Å²) in [6.45, 7) is 0. The van der Waals surface area contributed by atoms with Crippen LogP contribution in [0.25, 0.3) is 0 Å². The van der Waals surface area contributed by atoms with E-state index in [0.717, 1.165) is 6.07 Å². The van der Waals surface area contributed by atoms with Gasteiger partial charge in [-0.3, -0.25) is 0 Å². The zero-order valence-corrected chi connectivity index (χ0v) is 5.76. The van der Waals surface area contributed by atoms with Gasteiger partial charge in [0.2, 0.25) is 0 Å². The monoisotopic (exact) mass is 175 g/mol. The van der Waals surface area contributed by atoms with Crippen LogP contribution in [-0.2, 0) is 0 Å². The van der Waals surface area contributed by atoms with E-state index in [1.54, 1.807) is 0 Å². The Morgan fingerprint density at radius 3 is 2.50 bits per heavy atom. The Kier molecular flexibility index (Phi) is 2.32. The maximum Gasteiger partial charge on any atom is 0.167 e. The molecule has 1 rings (SSSR count). The lowest BCUT2D eigenvalue weighted by Gasteiger charge is -1.96. The van der Waals surface area contributed by atoms with E-state index in [4.69, 9.17) is 5.21 Å². The number of oxime groups is 1. The summed E-state index contributed by atoms with van der Waals surface area (Å²) in [5.41, 5.74) is -0.435. The number of rotatable bonds is 1. The third kappa shape index (κ3) is 1.55. The molecule has 0 saturated carbocycles. The van der Waals surface area contributed by atoms with E-state index >= 15 is 0 Å². The van der Waals surface area contributed by atoms with Crippen molar-refractivity contribution in [3.63, 3.8) is 0 Å². The molecule has 0 spiro atoms. The Labute approximate surface area is 65.9 Å². The summed E-state index contributed by atoms with van der Waals surface area (Å²) in [7, 11) is 0. The Balaban J connectivity index is 3.27. The van der Waals surface area contributed by atoms with Crippen molar-refractivity contribution in [2.45, 2.75) is 0 Å². The Hall–Kier alpha value is -1.52. The van der Waals surface area contributed by atoms with Crippen LogP contribution >= 0.6 is 0 Å². The van der Waals surface area contributed by atoms with Crippen LogP contribution in [0.4, 0.5) is 13.2 Å². The average molecular weight is 175 g/mol. The van der Waals surface area contributed by atoms with Crippen molar-refractivity contribution in [1.82, 2.24) is 0 Å². The molecule has 0 aliphatic rings. The SMILES string of the molecule is ON=Cc1cc(F)cc(F)c1F. The molecule has 1 N–H and O–H groups in total. The van der Waals surface area contributed by atoms with Gasteiger partial charge in [0.15, 0.2) is 11.6 Å². The van der Waals surface area contributed by atoms with Crippen molar-refractivity contribution < 1.29 is 18.4 Å². The maximum absolute atomic E-state index is 12.6. The fraction of sp³-hybridized carbons (Fsp3) is 0. The molecule has 5 heteroatoms. The van der Waals surface area contributed by atoms with E-state index < -0.39 is 23.0 Å². The molecular weight excluding hydrogens is 171 g/mol. The lowest BCUT2D eigenvalue weighted by atomic mass is 10.2. The molecule has 0 bridgehead atoms. The standard InChI is InChI=1S/C7H4F3NO/c8-5-1-4(3-11-12)7(10)6(9)2-5/h1-3,12H. The van der Waals surface area contributed by atoms with Crippen LogP contribution in [0.2, 0.25) is 0 Å². The fourth-order valence-corrected chi connectivity index (χ4v) is 0.732. The third-order valence-corrected chi connectivity index (χ3v) is 1.22. The van der Waals surface area contributed by atoms with Gasteiger partial charge in [0, 0.05) is 11.6 Å². The lowest BCUT2D eigenvalue weighted by molar-refractivity contribution is 0.321. The van der Waals surface area contributed by atoms with Crippen molar-refractivity contribution in [1.29, 1.82) is 0 Å². The van der Waals surface area contributed by atoms with E-state index in [-0.39, 0.29) is 0 Å². The van der Waals surface area contributed by atoms with Crippen molar-refractivity contribution in [3.8, 4) is 0 Å². The minimum atomic E-state index is -1.31. The molecule has 1 aromatic rings. The molecule has 0 atom stereocenters. The summed E-state index contributed by atoms with van der Waals surface area (Å²) < 4.78 is 37.4. The number of hydrogen-bond acceptors (Lipinski definition) is 2. The average Bonchev–Trinajstić information content (AvgIpc) is 2.00. The minimum absolute atomic E-state index is 0.407. The van der Waals surface area contributed by atoms with E-state index in [0.29, 0.717) is 12.3 Å². The minimum Gasteiger partial charge on any atom is -0.411 e. The Morgan fingerprint density at radius 2 is 1.92 bits per heavy atom. The van der Waals surface area contributed by atoms with Gasteiger partial charge in [0.25, 0.3) is 0 Å².